The number of morpholine rings is 1. The van der Waals surface area contributed by atoms with Crippen LogP contribution in [0.15, 0.2) is 0 Å². The molecule has 0 saturated carbocycles. The number of carboxylic acid groups (broad SMARTS) is 1. The Hall–Kier alpha value is -1.14. The van der Waals surface area contributed by atoms with Gasteiger partial charge in [-0.2, -0.15) is 0 Å². The molecule has 114 valence electrons. The molecule has 2 aliphatic heterocycles. The van der Waals surface area contributed by atoms with Crippen molar-refractivity contribution in [2.75, 3.05) is 32.8 Å². The summed E-state index contributed by atoms with van der Waals surface area (Å²) in [5, 5.41) is 9.21. The standard InChI is InChI=1S/C14H24N2O4/c1-10(2)15-5-3-4-11(6-15)7-16-12(14(18)19)8-20-9-13(16)17/h10-12H,3-9H2,1-2H3,(H,18,19). The van der Waals surface area contributed by atoms with Gasteiger partial charge in [0.2, 0.25) is 5.91 Å². The molecule has 1 amide bonds. The average Bonchev–Trinajstić information content (AvgIpc) is 2.41. The quantitative estimate of drug-likeness (QED) is 0.810. The number of likely N-dealkylation sites (tertiary alicyclic amines) is 1. The van der Waals surface area contributed by atoms with Gasteiger partial charge in [-0.1, -0.05) is 0 Å². The van der Waals surface area contributed by atoms with Crippen LogP contribution in [0.4, 0.5) is 0 Å². The Bertz CT molecular complexity index is 372. The molecule has 2 unspecified atom stereocenters. The predicted octanol–water partition coefficient (Wildman–Crippen LogP) is 0.419. The average molecular weight is 284 g/mol. The van der Waals surface area contributed by atoms with Crippen molar-refractivity contribution in [3.63, 3.8) is 0 Å². The molecule has 0 bridgehead atoms. The lowest BCUT2D eigenvalue weighted by molar-refractivity contribution is -0.163. The zero-order chi connectivity index (χ0) is 14.7. The number of carbonyl (C=O) groups is 2. The highest BCUT2D eigenvalue weighted by atomic mass is 16.5. The van der Waals surface area contributed by atoms with Gasteiger partial charge >= 0.3 is 5.97 Å². The van der Waals surface area contributed by atoms with Gasteiger partial charge in [0.25, 0.3) is 0 Å². The molecule has 6 heteroatoms. The third-order valence-corrected chi connectivity index (χ3v) is 4.22. The molecule has 0 spiro atoms. The van der Waals surface area contributed by atoms with Crippen molar-refractivity contribution >= 4 is 11.9 Å². The van der Waals surface area contributed by atoms with Crippen LogP contribution < -0.4 is 0 Å². The molecule has 0 radical (unpaired) electrons. The Morgan fingerprint density at radius 3 is 2.90 bits per heavy atom. The molecular formula is C14H24N2O4. The minimum atomic E-state index is -0.977. The Morgan fingerprint density at radius 1 is 1.50 bits per heavy atom. The maximum absolute atomic E-state index is 11.9. The van der Waals surface area contributed by atoms with Crippen LogP contribution in [0.25, 0.3) is 0 Å². The summed E-state index contributed by atoms with van der Waals surface area (Å²) < 4.78 is 5.05. The molecule has 2 saturated heterocycles. The molecular weight excluding hydrogens is 260 g/mol. The summed E-state index contributed by atoms with van der Waals surface area (Å²) in [5.74, 6) is -0.824. The minimum Gasteiger partial charge on any atom is -0.480 e. The van der Waals surface area contributed by atoms with Crippen LogP contribution in [-0.2, 0) is 14.3 Å². The number of amides is 1. The maximum Gasteiger partial charge on any atom is 0.328 e. The molecule has 2 atom stereocenters. The Morgan fingerprint density at radius 2 is 2.25 bits per heavy atom. The Balaban J connectivity index is 1.99. The normalized spacial score (nSPS) is 28.9. The number of piperidine rings is 1. The van der Waals surface area contributed by atoms with Crippen molar-refractivity contribution in [3.8, 4) is 0 Å². The van der Waals surface area contributed by atoms with E-state index in [2.05, 4.69) is 18.7 Å². The summed E-state index contributed by atoms with van der Waals surface area (Å²) >= 11 is 0. The Labute approximate surface area is 119 Å². The first kappa shape index (κ1) is 15.3. The molecule has 6 nitrogen and oxygen atoms in total. The summed E-state index contributed by atoms with van der Waals surface area (Å²) in [4.78, 5) is 27.1. The van der Waals surface area contributed by atoms with Gasteiger partial charge in [0, 0.05) is 19.1 Å². The predicted molar refractivity (Wildman–Crippen MR) is 73.4 cm³/mol. The Kier molecular flexibility index (Phi) is 4.99. The van der Waals surface area contributed by atoms with Crippen molar-refractivity contribution in [1.82, 2.24) is 9.80 Å². The number of hydrogen-bond donors (Lipinski definition) is 1. The minimum absolute atomic E-state index is 0.00436. The third-order valence-electron chi connectivity index (χ3n) is 4.22. The summed E-state index contributed by atoms with van der Waals surface area (Å²) in [6, 6.07) is -0.334. The number of ether oxygens (including phenoxy) is 1. The van der Waals surface area contributed by atoms with E-state index in [1.165, 1.54) is 4.90 Å². The fourth-order valence-corrected chi connectivity index (χ4v) is 3.03. The molecule has 2 rings (SSSR count). The lowest BCUT2D eigenvalue weighted by Gasteiger charge is -2.40. The van der Waals surface area contributed by atoms with E-state index < -0.39 is 12.0 Å². The number of nitrogens with zero attached hydrogens (tertiary/aromatic N) is 2. The molecule has 1 N–H and O–H groups in total. The van der Waals surface area contributed by atoms with E-state index in [1.807, 2.05) is 0 Å². The molecule has 2 fully saturated rings. The van der Waals surface area contributed by atoms with Gasteiger partial charge < -0.3 is 19.6 Å². The van der Waals surface area contributed by atoms with Crippen molar-refractivity contribution < 1.29 is 19.4 Å². The monoisotopic (exact) mass is 284 g/mol. The second-order valence-electron chi connectivity index (χ2n) is 6.01. The van der Waals surface area contributed by atoms with Gasteiger partial charge in [-0.3, -0.25) is 4.79 Å². The van der Waals surface area contributed by atoms with E-state index >= 15 is 0 Å². The lowest BCUT2D eigenvalue weighted by Crippen LogP contribution is -2.56. The van der Waals surface area contributed by atoms with E-state index in [0.717, 1.165) is 25.9 Å². The molecule has 0 aromatic heterocycles. The van der Waals surface area contributed by atoms with Gasteiger partial charge in [0.15, 0.2) is 6.04 Å². The van der Waals surface area contributed by atoms with E-state index in [-0.39, 0.29) is 19.1 Å². The number of aliphatic carboxylic acids is 1. The summed E-state index contributed by atoms with van der Waals surface area (Å²) in [7, 11) is 0. The molecule has 2 heterocycles. The second kappa shape index (κ2) is 6.54. The second-order valence-corrected chi connectivity index (χ2v) is 6.01. The van der Waals surface area contributed by atoms with Crippen LogP contribution >= 0.6 is 0 Å². The third kappa shape index (κ3) is 3.49. The fraction of sp³-hybridized carbons (Fsp3) is 0.857. The van der Waals surface area contributed by atoms with E-state index in [9.17, 15) is 14.7 Å². The summed E-state index contributed by atoms with van der Waals surface area (Å²) in [5.41, 5.74) is 0. The van der Waals surface area contributed by atoms with Crippen LogP contribution in [0.5, 0.6) is 0 Å². The van der Waals surface area contributed by atoms with Gasteiger partial charge in [-0.25, -0.2) is 4.79 Å². The maximum atomic E-state index is 11.9. The number of rotatable bonds is 4. The van der Waals surface area contributed by atoms with Crippen molar-refractivity contribution in [2.24, 2.45) is 5.92 Å². The number of hydrogen-bond acceptors (Lipinski definition) is 4. The van der Waals surface area contributed by atoms with Gasteiger partial charge in [-0.15, -0.1) is 0 Å². The van der Waals surface area contributed by atoms with Crippen molar-refractivity contribution in [1.29, 1.82) is 0 Å². The van der Waals surface area contributed by atoms with E-state index in [1.54, 1.807) is 0 Å². The first-order valence-corrected chi connectivity index (χ1v) is 7.33. The highest BCUT2D eigenvalue weighted by molar-refractivity contribution is 5.85. The van der Waals surface area contributed by atoms with Crippen LogP contribution in [0.1, 0.15) is 26.7 Å². The van der Waals surface area contributed by atoms with Gasteiger partial charge in [0.1, 0.15) is 6.61 Å². The van der Waals surface area contributed by atoms with Crippen LogP contribution in [-0.4, -0.2) is 71.7 Å². The highest BCUT2D eigenvalue weighted by Crippen LogP contribution is 2.21. The fourth-order valence-electron chi connectivity index (χ4n) is 3.03. The van der Waals surface area contributed by atoms with Crippen LogP contribution in [0, 0.1) is 5.92 Å². The smallest absolute Gasteiger partial charge is 0.328 e. The molecule has 0 aliphatic carbocycles. The summed E-state index contributed by atoms with van der Waals surface area (Å²) in [6.45, 7) is 7.00. The zero-order valence-corrected chi connectivity index (χ0v) is 12.2. The largest absolute Gasteiger partial charge is 0.480 e. The number of carbonyl (C=O) groups excluding carboxylic acids is 1. The zero-order valence-electron chi connectivity index (χ0n) is 12.2. The number of carboxylic acids is 1. The van der Waals surface area contributed by atoms with E-state index in [4.69, 9.17) is 4.74 Å². The first-order valence-electron chi connectivity index (χ1n) is 7.33. The van der Waals surface area contributed by atoms with Crippen LogP contribution in [0.2, 0.25) is 0 Å². The van der Waals surface area contributed by atoms with Gasteiger partial charge in [-0.05, 0) is 39.2 Å². The van der Waals surface area contributed by atoms with Crippen molar-refractivity contribution in [3.05, 3.63) is 0 Å². The molecule has 2 aliphatic rings. The highest BCUT2D eigenvalue weighted by Gasteiger charge is 2.36. The van der Waals surface area contributed by atoms with Crippen LogP contribution in [0.3, 0.4) is 0 Å². The molecule has 0 aromatic rings. The summed E-state index contributed by atoms with van der Waals surface area (Å²) in [6.07, 6.45) is 2.17. The topological polar surface area (TPSA) is 70.1 Å². The van der Waals surface area contributed by atoms with Gasteiger partial charge in [0.05, 0.1) is 6.61 Å². The molecule has 0 aromatic carbocycles. The van der Waals surface area contributed by atoms with Crippen molar-refractivity contribution in [2.45, 2.75) is 38.8 Å². The lowest BCUT2D eigenvalue weighted by atomic mass is 9.95. The molecule has 20 heavy (non-hydrogen) atoms. The SMILES string of the molecule is CC(C)N1CCCC(CN2C(=O)COCC2C(=O)O)C1. The first-order chi connectivity index (χ1) is 9.49. The van der Waals surface area contributed by atoms with E-state index in [0.29, 0.717) is 18.5 Å².